The molecule has 0 aliphatic heterocycles. The van der Waals surface area contributed by atoms with Crippen LogP contribution in [-0.4, -0.2) is 50.5 Å². The molecule has 0 heterocycles. The summed E-state index contributed by atoms with van der Waals surface area (Å²) in [5, 5.41) is 2.74. The van der Waals surface area contributed by atoms with E-state index in [2.05, 4.69) is 21.2 Å². The van der Waals surface area contributed by atoms with Crippen molar-refractivity contribution in [2.75, 3.05) is 23.7 Å². The molecule has 0 aliphatic carbocycles. The lowest BCUT2D eigenvalue weighted by Crippen LogP contribution is -2.51. The Morgan fingerprint density at radius 2 is 1.78 bits per heavy atom. The molecular formula is C23H30BrN3O4S. The maximum Gasteiger partial charge on any atom is 0.244 e. The van der Waals surface area contributed by atoms with Gasteiger partial charge in [0.05, 0.1) is 11.9 Å². The number of anilines is 1. The SMILES string of the molecule is CCNC(=O)C(C)N(Cc1cccc(Br)c1)C(=O)CN(c1cccc(C)c1C)S(C)(=O)=O. The molecule has 0 bridgehead atoms. The van der Waals surface area contributed by atoms with Crippen molar-refractivity contribution in [1.82, 2.24) is 10.2 Å². The van der Waals surface area contributed by atoms with Crippen molar-refractivity contribution in [3.05, 3.63) is 63.6 Å². The second-order valence-corrected chi connectivity index (χ2v) is 10.5. The third-order valence-electron chi connectivity index (χ3n) is 5.28. The number of hydrogen-bond donors (Lipinski definition) is 1. The lowest BCUT2D eigenvalue weighted by molar-refractivity contribution is -0.139. The Morgan fingerprint density at radius 3 is 2.38 bits per heavy atom. The fraction of sp³-hybridized carbons (Fsp3) is 0.391. The van der Waals surface area contributed by atoms with E-state index in [4.69, 9.17) is 0 Å². The van der Waals surface area contributed by atoms with E-state index < -0.39 is 28.5 Å². The van der Waals surface area contributed by atoms with Gasteiger partial charge in [-0.3, -0.25) is 13.9 Å². The molecule has 1 atom stereocenters. The highest BCUT2D eigenvalue weighted by molar-refractivity contribution is 9.10. The molecule has 2 amide bonds. The van der Waals surface area contributed by atoms with Crippen LogP contribution in [0.25, 0.3) is 0 Å². The molecule has 2 rings (SSSR count). The average molecular weight is 524 g/mol. The van der Waals surface area contributed by atoms with Crippen molar-refractivity contribution in [3.63, 3.8) is 0 Å². The van der Waals surface area contributed by atoms with Gasteiger partial charge in [-0.1, -0.05) is 40.2 Å². The number of sulfonamides is 1. The third kappa shape index (κ3) is 6.56. The molecule has 2 aromatic rings. The number of nitrogens with zero attached hydrogens (tertiary/aromatic N) is 2. The van der Waals surface area contributed by atoms with Crippen LogP contribution < -0.4 is 9.62 Å². The summed E-state index contributed by atoms with van der Waals surface area (Å²) in [5.74, 6) is -0.761. The minimum atomic E-state index is -3.74. The Morgan fingerprint density at radius 1 is 1.12 bits per heavy atom. The normalized spacial score (nSPS) is 12.2. The summed E-state index contributed by atoms with van der Waals surface area (Å²) in [5.41, 5.74) is 2.97. The van der Waals surface area contributed by atoms with Gasteiger partial charge in [-0.05, 0) is 62.6 Å². The van der Waals surface area contributed by atoms with Gasteiger partial charge in [0.1, 0.15) is 12.6 Å². The van der Waals surface area contributed by atoms with E-state index in [1.165, 1.54) is 4.90 Å². The third-order valence-corrected chi connectivity index (χ3v) is 6.90. The second kappa shape index (κ2) is 11.0. The first-order valence-corrected chi connectivity index (χ1v) is 12.9. The Kier molecular flexibility index (Phi) is 8.86. The monoisotopic (exact) mass is 523 g/mol. The Hall–Kier alpha value is -2.39. The molecule has 174 valence electrons. The Bertz CT molecular complexity index is 1090. The number of rotatable bonds is 9. The molecule has 0 aliphatic rings. The van der Waals surface area contributed by atoms with Gasteiger partial charge < -0.3 is 10.2 Å². The number of hydrogen-bond acceptors (Lipinski definition) is 4. The highest BCUT2D eigenvalue weighted by atomic mass is 79.9. The molecule has 1 unspecified atom stereocenters. The summed E-state index contributed by atoms with van der Waals surface area (Å²) in [4.78, 5) is 27.4. The first-order chi connectivity index (χ1) is 15.0. The number of halogens is 1. The van der Waals surface area contributed by atoms with Crippen molar-refractivity contribution in [3.8, 4) is 0 Å². The fourth-order valence-electron chi connectivity index (χ4n) is 3.34. The van der Waals surface area contributed by atoms with Crippen molar-refractivity contribution >= 4 is 43.5 Å². The zero-order valence-electron chi connectivity index (χ0n) is 19.1. The van der Waals surface area contributed by atoms with Gasteiger partial charge in [0, 0.05) is 17.6 Å². The molecule has 32 heavy (non-hydrogen) atoms. The van der Waals surface area contributed by atoms with Gasteiger partial charge in [0.25, 0.3) is 0 Å². The van der Waals surface area contributed by atoms with Crippen LogP contribution >= 0.6 is 15.9 Å². The number of amides is 2. The molecule has 0 radical (unpaired) electrons. The standard InChI is InChI=1S/C23H30BrN3O4S/c1-6-25-23(29)18(4)26(14-19-10-8-11-20(24)13-19)22(28)15-27(32(5,30)31)21-12-7-9-16(2)17(21)3/h7-13,18H,6,14-15H2,1-5H3,(H,25,29). The average Bonchev–Trinajstić information content (AvgIpc) is 2.71. The minimum Gasteiger partial charge on any atom is -0.355 e. The van der Waals surface area contributed by atoms with E-state index in [1.807, 2.05) is 44.2 Å². The number of carbonyl (C=O) groups is 2. The van der Waals surface area contributed by atoms with Gasteiger partial charge in [0.15, 0.2) is 0 Å². The molecule has 0 saturated carbocycles. The number of carbonyl (C=O) groups excluding carboxylic acids is 2. The van der Waals surface area contributed by atoms with Gasteiger partial charge >= 0.3 is 0 Å². The topological polar surface area (TPSA) is 86.8 Å². The molecule has 0 saturated heterocycles. The quantitative estimate of drug-likeness (QED) is 0.545. The molecule has 0 fully saturated rings. The van der Waals surface area contributed by atoms with Crippen molar-refractivity contribution in [2.24, 2.45) is 0 Å². The predicted molar refractivity (Wildman–Crippen MR) is 131 cm³/mol. The number of likely N-dealkylation sites (N-methyl/N-ethyl adjacent to an activating group) is 1. The summed E-state index contributed by atoms with van der Waals surface area (Å²) in [6, 6.07) is 12.0. The molecule has 9 heteroatoms. The van der Waals surface area contributed by atoms with Crippen molar-refractivity contribution in [2.45, 2.75) is 40.3 Å². The number of aryl methyl sites for hydroxylation is 1. The molecule has 2 aromatic carbocycles. The lowest BCUT2D eigenvalue weighted by atomic mass is 10.1. The maximum absolute atomic E-state index is 13.4. The van der Waals surface area contributed by atoms with Crippen LogP contribution in [0.15, 0.2) is 46.9 Å². The fourth-order valence-corrected chi connectivity index (χ4v) is 4.68. The summed E-state index contributed by atoms with van der Waals surface area (Å²) >= 11 is 3.42. The van der Waals surface area contributed by atoms with Crippen molar-refractivity contribution < 1.29 is 18.0 Å². The Balaban J connectivity index is 2.43. The highest BCUT2D eigenvalue weighted by Crippen LogP contribution is 2.25. The summed E-state index contributed by atoms with van der Waals surface area (Å²) < 4.78 is 27.2. The highest BCUT2D eigenvalue weighted by Gasteiger charge is 2.30. The molecule has 7 nitrogen and oxygen atoms in total. The van der Waals surface area contributed by atoms with E-state index in [9.17, 15) is 18.0 Å². The molecule has 0 aromatic heterocycles. The van der Waals surface area contributed by atoms with Crippen LogP contribution in [0.2, 0.25) is 0 Å². The zero-order chi connectivity index (χ0) is 24.1. The van der Waals surface area contributed by atoms with Crippen LogP contribution in [0.4, 0.5) is 5.69 Å². The van der Waals surface area contributed by atoms with Crippen LogP contribution in [-0.2, 0) is 26.2 Å². The number of nitrogens with one attached hydrogen (secondary N) is 1. The lowest BCUT2D eigenvalue weighted by Gasteiger charge is -2.32. The summed E-state index contributed by atoms with van der Waals surface area (Å²) in [6.07, 6.45) is 1.08. The van der Waals surface area contributed by atoms with Crippen LogP contribution in [0.3, 0.4) is 0 Å². The predicted octanol–water partition coefficient (Wildman–Crippen LogP) is 3.39. The van der Waals surface area contributed by atoms with Gasteiger partial charge in [-0.2, -0.15) is 0 Å². The first-order valence-electron chi connectivity index (χ1n) is 10.3. The van der Waals surface area contributed by atoms with E-state index >= 15 is 0 Å². The van der Waals surface area contributed by atoms with E-state index in [0.717, 1.165) is 31.7 Å². The van der Waals surface area contributed by atoms with E-state index in [-0.39, 0.29) is 12.5 Å². The van der Waals surface area contributed by atoms with Gasteiger partial charge in [-0.15, -0.1) is 0 Å². The Labute approximate surface area is 199 Å². The second-order valence-electron chi connectivity index (χ2n) is 7.71. The smallest absolute Gasteiger partial charge is 0.244 e. The van der Waals surface area contributed by atoms with E-state index in [1.54, 1.807) is 26.0 Å². The number of benzene rings is 2. The molecule has 0 spiro atoms. The van der Waals surface area contributed by atoms with Gasteiger partial charge in [-0.25, -0.2) is 8.42 Å². The van der Waals surface area contributed by atoms with Crippen LogP contribution in [0.5, 0.6) is 0 Å². The first kappa shape index (κ1) is 25.9. The zero-order valence-corrected chi connectivity index (χ0v) is 21.5. The molecular weight excluding hydrogens is 494 g/mol. The van der Waals surface area contributed by atoms with Crippen LogP contribution in [0.1, 0.15) is 30.5 Å². The van der Waals surface area contributed by atoms with Crippen LogP contribution in [0, 0.1) is 13.8 Å². The minimum absolute atomic E-state index is 0.168. The summed E-state index contributed by atoms with van der Waals surface area (Å²) in [7, 11) is -3.74. The largest absolute Gasteiger partial charge is 0.355 e. The maximum atomic E-state index is 13.4. The van der Waals surface area contributed by atoms with Crippen molar-refractivity contribution in [1.29, 1.82) is 0 Å². The van der Waals surface area contributed by atoms with E-state index in [0.29, 0.717) is 12.2 Å². The van der Waals surface area contributed by atoms with Gasteiger partial charge in [0.2, 0.25) is 21.8 Å². The summed E-state index contributed by atoms with van der Waals surface area (Å²) in [6.45, 7) is 7.35. The molecule has 1 N–H and O–H groups in total.